The Morgan fingerprint density at radius 1 is 1.41 bits per heavy atom. The Hall–Kier alpha value is -1.19. The topological polar surface area (TPSA) is 38.9 Å². The van der Waals surface area contributed by atoms with Crippen molar-refractivity contribution in [3.8, 4) is 0 Å². The summed E-state index contributed by atoms with van der Waals surface area (Å²) in [4.78, 5) is 4.32. The Kier molecular flexibility index (Phi) is 13.8. The predicted molar refractivity (Wildman–Crippen MR) is 81.1 cm³/mol. The molecule has 0 aliphatic carbocycles. The first kappa shape index (κ1) is 18.2. The summed E-state index contributed by atoms with van der Waals surface area (Å²) < 4.78 is 0. The lowest BCUT2D eigenvalue weighted by molar-refractivity contribution is 1.03. The summed E-state index contributed by atoms with van der Waals surface area (Å²) in [7, 11) is 0. The molecule has 1 aromatic heterocycles. The van der Waals surface area contributed by atoms with Crippen LogP contribution in [0.1, 0.15) is 38.4 Å². The van der Waals surface area contributed by atoms with Gasteiger partial charge in [0.15, 0.2) is 0 Å². The summed E-state index contributed by atoms with van der Waals surface area (Å²) in [5, 5.41) is 2.96. The van der Waals surface area contributed by atoms with Gasteiger partial charge in [-0.2, -0.15) is 0 Å². The van der Waals surface area contributed by atoms with Crippen molar-refractivity contribution < 1.29 is 0 Å². The average Bonchev–Trinajstić information content (AvgIpc) is 2.83. The van der Waals surface area contributed by atoms with Crippen LogP contribution in [0.5, 0.6) is 0 Å². The summed E-state index contributed by atoms with van der Waals surface area (Å²) in [5.41, 5.74) is 7.48. The van der Waals surface area contributed by atoms with E-state index in [9.17, 15) is 0 Å². The van der Waals surface area contributed by atoms with Gasteiger partial charge in [-0.15, -0.1) is 17.9 Å². The van der Waals surface area contributed by atoms with Gasteiger partial charge in [-0.25, -0.2) is 4.98 Å². The fourth-order valence-electron chi connectivity index (χ4n) is 0.908. The Morgan fingerprint density at radius 2 is 1.94 bits per heavy atom. The van der Waals surface area contributed by atoms with E-state index in [-0.39, 0.29) is 0 Å². The summed E-state index contributed by atoms with van der Waals surface area (Å²) in [6, 6.07) is 0. The SMILES string of the molecule is C=C/C(=C\C)c1csc(CN)n1.C=CC.CC. The number of hydrogen-bond donors (Lipinski definition) is 1. The van der Waals surface area contributed by atoms with E-state index in [1.54, 1.807) is 23.5 Å². The second-order valence-electron chi connectivity index (χ2n) is 2.69. The van der Waals surface area contributed by atoms with Gasteiger partial charge in [0.05, 0.1) is 5.69 Å². The summed E-state index contributed by atoms with van der Waals surface area (Å²) >= 11 is 1.58. The first-order valence-corrected chi connectivity index (χ1v) is 6.62. The van der Waals surface area contributed by atoms with E-state index in [0.29, 0.717) is 6.54 Å². The van der Waals surface area contributed by atoms with E-state index in [0.717, 1.165) is 16.3 Å². The maximum Gasteiger partial charge on any atom is 0.107 e. The summed E-state index contributed by atoms with van der Waals surface area (Å²) in [5.74, 6) is 0. The van der Waals surface area contributed by atoms with Crippen molar-refractivity contribution in [1.82, 2.24) is 4.98 Å². The van der Waals surface area contributed by atoms with Crippen LogP contribution >= 0.6 is 11.3 Å². The van der Waals surface area contributed by atoms with Crippen LogP contribution in [-0.2, 0) is 6.54 Å². The molecule has 2 N–H and O–H groups in total. The zero-order valence-corrected chi connectivity index (χ0v) is 12.2. The number of thiazole rings is 1. The Bertz CT molecular complexity index is 338. The standard InChI is InChI=1S/C9H12N2S.C3H6.C2H6/c1-3-7(4-2)8-6-12-9(5-10)11-8;1-3-2;1-2/h3-4,6H,1,5,10H2,2H3;3H,1H2,2H3;1-2H3/b7-4+;;. The zero-order valence-electron chi connectivity index (χ0n) is 11.4. The molecule has 0 aliphatic rings. The van der Waals surface area contributed by atoms with Crippen molar-refractivity contribution >= 4 is 16.9 Å². The second kappa shape index (κ2) is 12.9. The van der Waals surface area contributed by atoms with Gasteiger partial charge in [0, 0.05) is 11.9 Å². The number of nitrogens with two attached hydrogens (primary N) is 1. The fraction of sp³-hybridized carbons (Fsp3) is 0.357. The van der Waals surface area contributed by atoms with E-state index < -0.39 is 0 Å². The van der Waals surface area contributed by atoms with E-state index in [1.807, 2.05) is 39.2 Å². The minimum absolute atomic E-state index is 0.513. The van der Waals surface area contributed by atoms with Crippen molar-refractivity contribution in [1.29, 1.82) is 0 Å². The molecule has 0 amide bonds. The molecule has 0 radical (unpaired) electrons. The molecular formula is C14H24N2S. The number of nitrogens with zero attached hydrogens (tertiary/aromatic N) is 1. The van der Waals surface area contributed by atoms with Crippen LogP contribution in [0.2, 0.25) is 0 Å². The largest absolute Gasteiger partial charge is 0.325 e. The van der Waals surface area contributed by atoms with Gasteiger partial charge in [-0.3, -0.25) is 0 Å². The molecule has 0 aliphatic heterocycles. The molecule has 1 heterocycles. The van der Waals surface area contributed by atoms with Crippen LogP contribution < -0.4 is 5.73 Å². The van der Waals surface area contributed by atoms with Crippen LogP contribution in [0.15, 0.2) is 36.8 Å². The minimum Gasteiger partial charge on any atom is -0.325 e. The molecule has 0 bridgehead atoms. The highest BCUT2D eigenvalue weighted by atomic mass is 32.1. The highest BCUT2D eigenvalue weighted by molar-refractivity contribution is 7.09. The molecule has 1 rings (SSSR count). The van der Waals surface area contributed by atoms with E-state index in [2.05, 4.69) is 18.1 Å². The first-order valence-electron chi connectivity index (χ1n) is 5.74. The molecule has 0 fully saturated rings. The molecule has 0 atom stereocenters. The quantitative estimate of drug-likeness (QED) is 0.639. The lowest BCUT2D eigenvalue weighted by atomic mass is 10.2. The molecule has 0 unspecified atom stereocenters. The molecule has 17 heavy (non-hydrogen) atoms. The maximum absolute atomic E-state index is 5.45. The first-order chi connectivity index (χ1) is 8.23. The van der Waals surface area contributed by atoms with Crippen molar-refractivity contribution in [2.24, 2.45) is 5.73 Å². The van der Waals surface area contributed by atoms with Crippen LogP contribution in [-0.4, -0.2) is 4.98 Å². The third-order valence-corrected chi connectivity index (χ3v) is 2.42. The predicted octanol–water partition coefficient (Wildman–Crippen LogP) is 4.41. The summed E-state index contributed by atoms with van der Waals surface area (Å²) in [6.07, 6.45) is 5.54. The van der Waals surface area contributed by atoms with Gasteiger partial charge in [0.25, 0.3) is 0 Å². The molecule has 0 saturated carbocycles. The van der Waals surface area contributed by atoms with Gasteiger partial charge >= 0.3 is 0 Å². The highest BCUT2D eigenvalue weighted by Gasteiger charge is 2.01. The third kappa shape index (κ3) is 7.66. The van der Waals surface area contributed by atoms with E-state index in [1.165, 1.54) is 0 Å². The maximum atomic E-state index is 5.45. The Balaban J connectivity index is 0. The monoisotopic (exact) mass is 252 g/mol. The molecule has 2 nitrogen and oxygen atoms in total. The molecule has 0 spiro atoms. The fourth-order valence-corrected chi connectivity index (χ4v) is 1.59. The van der Waals surface area contributed by atoms with E-state index >= 15 is 0 Å². The normalized spacial score (nSPS) is 9.35. The molecule has 3 heteroatoms. The van der Waals surface area contributed by atoms with Gasteiger partial charge in [-0.05, 0) is 19.4 Å². The van der Waals surface area contributed by atoms with Crippen LogP contribution in [0, 0.1) is 0 Å². The molecule has 96 valence electrons. The zero-order chi connectivity index (χ0) is 13.7. The van der Waals surface area contributed by atoms with Crippen molar-refractivity contribution in [3.63, 3.8) is 0 Å². The van der Waals surface area contributed by atoms with Crippen LogP contribution in [0.3, 0.4) is 0 Å². The van der Waals surface area contributed by atoms with Gasteiger partial charge < -0.3 is 5.73 Å². The number of allylic oxidation sites excluding steroid dienone is 4. The third-order valence-electron chi connectivity index (χ3n) is 1.55. The average molecular weight is 252 g/mol. The number of aromatic nitrogens is 1. The van der Waals surface area contributed by atoms with Crippen molar-refractivity contribution in [2.45, 2.75) is 34.2 Å². The van der Waals surface area contributed by atoms with Gasteiger partial charge in [0.2, 0.25) is 0 Å². The van der Waals surface area contributed by atoms with Crippen LogP contribution in [0.4, 0.5) is 0 Å². The molecular weight excluding hydrogens is 228 g/mol. The van der Waals surface area contributed by atoms with Crippen molar-refractivity contribution in [3.05, 3.63) is 47.5 Å². The molecule has 0 saturated heterocycles. The van der Waals surface area contributed by atoms with Crippen molar-refractivity contribution in [2.75, 3.05) is 0 Å². The van der Waals surface area contributed by atoms with Crippen LogP contribution in [0.25, 0.3) is 5.57 Å². The second-order valence-corrected chi connectivity index (χ2v) is 3.63. The number of rotatable bonds is 3. The molecule has 0 aromatic carbocycles. The van der Waals surface area contributed by atoms with E-state index in [4.69, 9.17) is 5.73 Å². The Labute approximate surface area is 110 Å². The van der Waals surface area contributed by atoms with Gasteiger partial charge in [-0.1, -0.05) is 38.7 Å². The lowest BCUT2D eigenvalue weighted by Gasteiger charge is -1.92. The highest BCUT2D eigenvalue weighted by Crippen LogP contribution is 2.17. The lowest BCUT2D eigenvalue weighted by Crippen LogP contribution is -1.95. The number of hydrogen-bond acceptors (Lipinski definition) is 3. The van der Waals surface area contributed by atoms with Gasteiger partial charge in [0.1, 0.15) is 5.01 Å². The summed E-state index contributed by atoms with van der Waals surface area (Å²) in [6.45, 7) is 15.4. The Morgan fingerprint density at radius 3 is 2.24 bits per heavy atom. The smallest absolute Gasteiger partial charge is 0.107 e. The minimum atomic E-state index is 0.513. The molecule has 1 aromatic rings.